The molecule has 102 valence electrons. The lowest BCUT2D eigenvalue weighted by atomic mass is 10.2. The standard InChI is InChI=1S/C13H14F3N3/c14-13(15,16)11-3-5-12(6-4-11)17-7-1-9-19-10-2-8-18-19/h2-6,8,10,17H,1,7,9H2. The summed E-state index contributed by atoms with van der Waals surface area (Å²) in [6.45, 7) is 1.46. The van der Waals surface area contributed by atoms with E-state index in [0.717, 1.165) is 25.1 Å². The largest absolute Gasteiger partial charge is 0.416 e. The number of nitrogens with one attached hydrogen (secondary N) is 1. The highest BCUT2D eigenvalue weighted by Gasteiger charge is 2.29. The van der Waals surface area contributed by atoms with Crippen molar-refractivity contribution in [2.24, 2.45) is 0 Å². The van der Waals surface area contributed by atoms with Gasteiger partial charge in [-0.1, -0.05) is 0 Å². The van der Waals surface area contributed by atoms with Crippen molar-refractivity contribution in [2.45, 2.75) is 19.1 Å². The van der Waals surface area contributed by atoms with E-state index in [0.29, 0.717) is 12.2 Å². The zero-order valence-electron chi connectivity index (χ0n) is 10.2. The molecule has 2 aromatic rings. The van der Waals surface area contributed by atoms with Crippen LogP contribution in [0.2, 0.25) is 0 Å². The lowest BCUT2D eigenvalue weighted by Crippen LogP contribution is -2.08. The van der Waals surface area contributed by atoms with Crippen molar-refractivity contribution >= 4 is 5.69 Å². The van der Waals surface area contributed by atoms with Gasteiger partial charge in [-0.2, -0.15) is 18.3 Å². The van der Waals surface area contributed by atoms with Crippen molar-refractivity contribution in [1.82, 2.24) is 9.78 Å². The number of anilines is 1. The van der Waals surface area contributed by atoms with Gasteiger partial charge in [-0.25, -0.2) is 0 Å². The lowest BCUT2D eigenvalue weighted by Gasteiger charge is -2.09. The van der Waals surface area contributed by atoms with Crippen LogP contribution in [0.15, 0.2) is 42.7 Å². The van der Waals surface area contributed by atoms with Crippen LogP contribution in [0, 0.1) is 0 Å². The van der Waals surface area contributed by atoms with E-state index in [1.165, 1.54) is 12.1 Å². The second-order valence-corrected chi connectivity index (χ2v) is 4.12. The van der Waals surface area contributed by atoms with Gasteiger partial charge in [-0.15, -0.1) is 0 Å². The van der Waals surface area contributed by atoms with Crippen LogP contribution < -0.4 is 5.32 Å². The monoisotopic (exact) mass is 269 g/mol. The van der Waals surface area contributed by atoms with Gasteiger partial charge in [-0.3, -0.25) is 4.68 Å². The van der Waals surface area contributed by atoms with Crippen molar-refractivity contribution in [3.63, 3.8) is 0 Å². The third-order valence-electron chi connectivity index (χ3n) is 2.66. The number of benzene rings is 1. The zero-order valence-corrected chi connectivity index (χ0v) is 10.2. The molecule has 0 saturated carbocycles. The summed E-state index contributed by atoms with van der Waals surface area (Å²) in [6.07, 6.45) is 0.155. The van der Waals surface area contributed by atoms with Gasteiger partial charge in [0.15, 0.2) is 0 Å². The molecule has 0 aliphatic heterocycles. The number of hydrogen-bond donors (Lipinski definition) is 1. The maximum absolute atomic E-state index is 12.4. The van der Waals surface area contributed by atoms with Crippen molar-refractivity contribution in [2.75, 3.05) is 11.9 Å². The lowest BCUT2D eigenvalue weighted by molar-refractivity contribution is -0.137. The summed E-state index contributed by atoms with van der Waals surface area (Å²) in [6, 6.07) is 6.89. The second kappa shape index (κ2) is 5.77. The van der Waals surface area contributed by atoms with E-state index < -0.39 is 11.7 Å². The number of nitrogens with zero attached hydrogens (tertiary/aromatic N) is 2. The quantitative estimate of drug-likeness (QED) is 0.843. The predicted molar refractivity (Wildman–Crippen MR) is 66.8 cm³/mol. The first-order valence-corrected chi connectivity index (χ1v) is 5.94. The van der Waals surface area contributed by atoms with Gasteiger partial charge < -0.3 is 5.32 Å². The Morgan fingerprint density at radius 2 is 1.89 bits per heavy atom. The normalized spacial score (nSPS) is 11.5. The van der Waals surface area contributed by atoms with E-state index in [4.69, 9.17) is 0 Å². The number of hydrogen-bond acceptors (Lipinski definition) is 2. The van der Waals surface area contributed by atoms with E-state index in [2.05, 4.69) is 10.4 Å². The van der Waals surface area contributed by atoms with Crippen LogP contribution in [0.4, 0.5) is 18.9 Å². The van der Waals surface area contributed by atoms with Gasteiger partial charge in [-0.05, 0) is 36.8 Å². The van der Waals surface area contributed by atoms with Crippen LogP contribution in [-0.4, -0.2) is 16.3 Å². The summed E-state index contributed by atoms with van der Waals surface area (Å²) in [4.78, 5) is 0. The first-order valence-electron chi connectivity index (χ1n) is 5.94. The Bertz CT molecular complexity index is 489. The molecule has 0 fully saturated rings. The van der Waals surface area contributed by atoms with E-state index in [1.807, 2.05) is 16.9 Å². The fraction of sp³-hybridized carbons (Fsp3) is 0.308. The third kappa shape index (κ3) is 4.01. The molecule has 0 amide bonds. The van der Waals surface area contributed by atoms with Crippen LogP contribution in [0.3, 0.4) is 0 Å². The third-order valence-corrected chi connectivity index (χ3v) is 2.66. The molecule has 2 rings (SSSR count). The molecule has 1 aromatic carbocycles. The smallest absolute Gasteiger partial charge is 0.385 e. The van der Waals surface area contributed by atoms with Crippen molar-refractivity contribution < 1.29 is 13.2 Å². The number of halogens is 3. The summed E-state index contributed by atoms with van der Waals surface area (Å²) < 4.78 is 38.9. The molecule has 0 aliphatic carbocycles. The molecule has 1 N–H and O–H groups in total. The SMILES string of the molecule is FC(F)(F)c1ccc(NCCCn2cccn2)cc1. The van der Waals surface area contributed by atoms with Crippen molar-refractivity contribution in [3.8, 4) is 0 Å². The molecular weight excluding hydrogens is 255 g/mol. The molecule has 0 aliphatic rings. The molecule has 0 bridgehead atoms. The van der Waals surface area contributed by atoms with Crippen LogP contribution in [0.1, 0.15) is 12.0 Å². The first-order chi connectivity index (χ1) is 9.05. The minimum atomic E-state index is -4.28. The molecule has 0 saturated heterocycles. The van der Waals surface area contributed by atoms with Gasteiger partial charge >= 0.3 is 6.18 Å². The highest BCUT2D eigenvalue weighted by atomic mass is 19.4. The molecule has 0 radical (unpaired) electrons. The predicted octanol–water partition coefficient (Wildman–Crippen LogP) is 3.40. The van der Waals surface area contributed by atoms with E-state index >= 15 is 0 Å². The average molecular weight is 269 g/mol. The Morgan fingerprint density at radius 3 is 2.47 bits per heavy atom. The zero-order chi connectivity index (χ0) is 13.7. The fourth-order valence-electron chi connectivity index (χ4n) is 1.68. The van der Waals surface area contributed by atoms with Crippen molar-refractivity contribution in [3.05, 3.63) is 48.3 Å². The molecule has 0 unspecified atom stereocenters. The molecular formula is C13H14F3N3. The maximum Gasteiger partial charge on any atom is 0.416 e. The minimum Gasteiger partial charge on any atom is -0.385 e. The van der Waals surface area contributed by atoms with Gasteiger partial charge in [0, 0.05) is 31.2 Å². The number of alkyl halides is 3. The van der Waals surface area contributed by atoms with Crippen molar-refractivity contribution in [1.29, 1.82) is 0 Å². The molecule has 0 atom stereocenters. The molecule has 3 nitrogen and oxygen atoms in total. The summed E-state index contributed by atoms with van der Waals surface area (Å²) in [5, 5.41) is 7.14. The van der Waals surface area contributed by atoms with E-state index in [9.17, 15) is 13.2 Å². The summed E-state index contributed by atoms with van der Waals surface area (Å²) in [7, 11) is 0. The van der Waals surface area contributed by atoms with Crippen LogP contribution in [0.25, 0.3) is 0 Å². The Labute approximate surface area is 109 Å². The second-order valence-electron chi connectivity index (χ2n) is 4.12. The van der Waals surface area contributed by atoms with Gasteiger partial charge in [0.2, 0.25) is 0 Å². The van der Waals surface area contributed by atoms with Gasteiger partial charge in [0.25, 0.3) is 0 Å². The Kier molecular flexibility index (Phi) is 4.09. The maximum atomic E-state index is 12.4. The number of aromatic nitrogens is 2. The number of aryl methyl sites for hydroxylation is 1. The molecule has 1 aromatic heterocycles. The molecule has 6 heteroatoms. The summed E-state index contributed by atoms with van der Waals surface area (Å²) >= 11 is 0. The number of rotatable bonds is 5. The first kappa shape index (κ1) is 13.5. The van der Waals surface area contributed by atoms with E-state index in [1.54, 1.807) is 6.20 Å². The van der Waals surface area contributed by atoms with Crippen LogP contribution in [0.5, 0.6) is 0 Å². The minimum absolute atomic E-state index is 0.630. The van der Waals surface area contributed by atoms with E-state index in [-0.39, 0.29) is 0 Å². The fourth-order valence-corrected chi connectivity index (χ4v) is 1.68. The summed E-state index contributed by atoms with van der Waals surface area (Å²) in [5.41, 5.74) is 0.0584. The summed E-state index contributed by atoms with van der Waals surface area (Å²) in [5.74, 6) is 0. The Morgan fingerprint density at radius 1 is 1.16 bits per heavy atom. The Balaban J connectivity index is 1.77. The highest BCUT2D eigenvalue weighted by molar-refractivity contribution is 5.44. The van der Waals surface area contributed by atoms with Crippen LogP contribution in [-0.2, 0) is 12.7 Å². The average Bonchev–Trinajstić information content (AvgIpc) is 2.87. The highest BCUT2D eigenvalue weighted by Crippen LogP contribution is 2.29. The molecule has 1 heterocycles. The topological polar surface area (TPSA) is 29.9 Å². The van der Waals surface area contributed by atoms with Gasteiger partial charge in [0.05, 0.1) is 5.56 Å². The van der Waals surface area contributed by atoms with Gasteiger partial charge in [0.1, 0.15) is 0 Å². The van der Waals surface area contributed by atoms with Crippen LogP contribution >= 0.6 is 0 Å². The molecule has 19 heavy (non-hydrogen) atoms. The Hall–Kier alpha value is -1.98. The molecule has 0 spiro atoms.